The van der Waals surface area contributed by atoms with Crippen molar-refractivity contribution in [3.63, 3.8) is 0 Å². The molecule has 0 spiro atoms. The number of hydrogen-bond donors (Lipinski definition) is 1. The van der Waals surface area contributed by atoms with Crippen LogP contribution < -0.4 is 5.32 Å². The van der Waals surface area contributed by atoms with E-state index < -0.39 is 35.0 Å². The van der Waals surface area contributed by atoms with Crippen molar-refractivity contribution in [2.75, 3.05) is 18.4 Å². The number of carbonyl (C=O) groups excluding carboxylic acids is 2. The lowest BCUT2D eigenvalue weighted by Crippen LogP contribution is -2.52. The molecule has 0 aliphatic carbocycles. The first kappa shape index (κ1) is 29.9. The van der Waals surface area contributed by atoms with Crippen LogP contribution in [-0.2, 0) is 9.47 Å². The molecule has 11 nitrogen and oxygen atoms in total. The van der Waals surface area contributed by atoms with Gasteiger partial charge in [-0.15, -0.1) is 5.10 Å². The third-order valence-corrected chi connectivity index (χ3v) is 7.99. The van der Waals surface area contributed by atoms with Crippen LogP contribution in [-0.4, -0.2) is 66.3 Å². The Balaban J connectivity index is 1.39. The number of ether oxygens (including phenoxy) is 2. The van der Waals surface area contributed by atoms with Gasteiger partial charge in [0.1, 0.15) is 33.6 Å². The Bertz CT molecular complexity index is 1980. The number of anilines is 1. The molecule has 3 aromatic heterocycles. The lowest BCUT2D eigenvalue weighted by atomic mass is 10.0. The molecule has 1 saturated heterocycles. The molecule has 1 N–H and O–H groups in total. The minimum atomic E-state index is -0.757. The Kier molecular flexibility index (Phi) is 7.11. The number of nitrogens with zero attached hydrogens (tertiary/aromatic N) is 6. The highest BCUT2D eigenvalue weighted by Crippen LogP contribution is 2.42. The lowest BCUT2D eigenvalue weighted by Gasteiger charge is -2.39. The fourth-order valence-corrected chi connectivity index (χ4v) is 6.08. The number of aromatic nitrogens is 5. The average Bonchev–Trinajstić information content (AvgIpc) is 3.47. The van der Waals surface area contributed by atoms with E-state index in [1.165, 1.54) is 18.3 Å². The van der Waals surface area contributed by atoms with Crippen molar-refractivity contribution >= 4 is 72.4 Å². The lowest BCUT2D eigenvalue weighted by molar-refractivity contribution is -0.0000643. The molecule has 2 aromatic carbocycles. The SMILES string of the molecule is CC(C)(C)OC(=O)Nc1nc2c(-c3c(Cl)cc4c(ncc5nnn(C6CN(C(=O)OC(C)(C)C)C6)c54)c3F)ccc(F)c2s1. The van der Waals surface area contributed by atoms with Crippen molar-refractivity contribution in [2.24, 2.45) is 0 Å². The Morgan fingerprint density at radius 2 is 1.77 bits per heavy atom. The second-order valence-corrected chi connectivity index (χ2v) is 13.8. The van der Waals surface area contributed by atoms with Crippen molar-refractivity contribution in [1.29, 1.82) is 0 Å². The maximum absolute atomic E-state index is 16.4. The smallest absolute Gasteiger partial charge is 0.413 e. The number of amides is 2. The van der Waals surface area contributed by atoms with Crippen molar-refractivity contribution in [2.45, 2.75) is 58.8 Å². The maximum atomic E-state index is 16.4. The quantitative estimate of drug-likeness (QED) is 0.217. The highest BCUT2D eigenvalue weighted by atomic mass is 35.5. The van der Waals surface area contributed by atoms with Gasteiger partial charge in [-0.3, -0.25) is 10.3 Å². The minimum Gasteiger partial charge on any atom is -0.444 e. The summed E-state index contributed by atoms with van der Waals surface area (Å²) < 4.78 is 43.7. The number of thiazole rings is 1. The van der Waals surface area contributed by atoms with Gasteiger partial charge in [-0.05, 0) is 59.7 Å². The van der Waals surface area contributed by atoms with Crippen LogP contribution >= 0.6 is 22.9 Å². The predicted octanol–water partition coefficient (Wildman–Crippen LogP) is 7.33. The van der Waals surface area contributed by atoms with Crippen LogP contribution in [0.5, 0.6) is 0 Å². The normalized spacial score (nSPS) is 14.3. The van der Waals surface area contributed by atoms with E-state index in [4.69, 9.17) is 21.1 Å². The zero-order valence-electron chi connectivity index (χ0n) is 24.7. The molecule has 0 atom stereocenters. The van der Waals surface area contributed by atoms with Crippen LogP contribution in [0.1, 0.15) is 47.6 Å². The highest BCUT2D eigenvalue weighted by Gasteiger charge is 2.37. The number of fused-ring (bicyclic) bond motifs is 4. The first-order valence-electron chi connectivity index (χ1n) is 13.7. The summed E-state index contributed by atoms with van der Waals surface area (Å²) in [5.41, 5.74) is -0.118. The highest BCUT2D eigenvalue weighted by molar-refractivity contribution is 7.22. The predicted molar refractivity (Wildman–Crippen MR) is 163 cm³/mol. The summed E-state index contributed by atoms with van der Waals surface area (Å²) in [6.45, 7) is 11.2. The second kappa shape index (κ2) is 10.5. The number of rotatable bonds is 3. The zero-order chi connectivity index (χ0) is 31.7. The van der Waals surface area contributed by atoms with E-state index in [0.717, 1.165) is 11.3 Å². The fourth-order valence-electron chi connectivity index (χ4n) is 4.91. The van der Waals surface area contributed by atoms with Crippen LogP contribution in [0, 0.1) is 11.6 Å². The molecule has 1 aliphatic rings. The van der Waals surface area contributed by atoms with Gasteiger partial charge >= 0.3 is 12.2 Å². The second-order valence-electron chi connectivity index (χ2n) is 12.4. The van der Waals surface area contributed by atoms with Crippen LogP contribution in [0.15, 0.2) is 24.4 Å². The number of nitrogens with one attached hydrogen (secondary N) is 1. The summed E-state index contributed by atoms with van der Waals surface area (Å²) in [6.07, 6.45) is 0.228. The number of halogens is 3. The standard InChI is InChI=1S/C29H28ClF2N7O4S/c1-28(2,3)42-26(40)35-25-34-22-14(7-8-17(31)24(22)44-25)19-16(30)9-15-21(20(19)32)33-10-18-23(15)39(37-36-18)13-11-38(12-13)27(41)43-29(4,5)6/h7-10,13H,11-12H2,1-6H3,(H,34,35,40). The molecule has 5 aromatic rings. The molecule has 44 heavy (non-hydrogen) atoms. The van der Waals surface area contributed by atoms with Crippen molar-refractivity contribution in [1.82, 2.24) is 29.9 Å². The van der Waals surface area contributed by atoms with Crippen LogP contribution in [0.2, 0.25) is 5.02 Å². The molecule has 2 amide bonds. The monoisotopic (exact) mass is 643 g/mol. The molecular weight excluding hydrogens is 616 g/mol. The summed E-state index contributed by atoms with van der Waals surface area (Å²) in [7, 11) is 0. The number of hydrogen-bond acceptors (Lipinski definition) is 9. The van der Waals surface area contributed by atoms with Crippen molar-refractivity contribution < 1.29 is 27.8 Å². The van der Waals surface area contributed by atoms with E-state index in [-0.39, 0.29) is 43.1 Å². The van der Waals surface area contributed by atoms with E-state index in [1.807, 2.05) is 0 Å². The molecule has 0 saturated carbocycles. The molecule has 4 heterocycles. The average molecular weight is 644 g/mol. The van der Waals surface area contributed by atoms with Crippen molar-refractivity contribution in [3.8, 4) is 11.1 Å². The van der Waals surface area contributed by atoms with Gasteiger partial charge in [0, 0.05) is 29.6 Å². The van der Waals surface area contributed by atoms with E-state index in [1.54, 1.807) is 57.2 Å². The van der Waals surface area contributed by atoms with Gasteiger partial charge < -0.3 is 14.4 Å². The Labute approximate surface area is 259 Å². The van der Waals surface area contributed by atoms with E-state index in [0.29, 0.717) is 29.5 Å². The molecule has 0 radical (unpaired) electrons. The van der Waals surface area contributed by atoms with Gasteiger partial charge in [0.05, 0.1) is 27.5 Å². The summed E-state index contributed by atoms with van der Waals surface area (Å²) >= 11 is 7.61. The van der Waals surface area contributed by atoms with Crippen LogP contribution in [0.25, 0.3) is 43.3 Å². The number of benzene rings is 2. The van der Waals surface area contributed by atoms with Crippen LogP contribution in [0.4, 0.5) is 23.5 Å². The molecule has 0 bridgehead atoms. The Hall–Kier alpha value is -4.17. The van der Waals surface area contributed by atoms with Gasteiger partial charge in [-0.1, -0.05) is 28.2 Å². The molecule has 15 heteroatoms. The Morgan fingerprint density at radius 3 is 2.45 bits per heavy atom. The van der Waals surface area contributed by atoms with Gasteiger partial charge in [-0.2, -0.15) is 0 Å². The van der Waals surface area contributed by atoms with Gasteiger partial charge in [0.2, 0.25) is 0 Å². The van der Waals surface area contributed by atoms with Crippen molar-refractivity contribution in [3.05, 3.63) is 41.1 Å². The molecule has 230 valence electrons. The first-order valence-corrected chi connectivity index (χ1v) is 14.9. The molecular formula is C29H28ClF2N7O4S. The number of carbonyl (C=O) groups is 2. The van der Waals surface area contributed by atoms with Gasteiger partial charge in [0.15, 0.2) is 10.9 Å². The topological polar surface area (TPSA) is 124 Å². The largest absolute Gasteiger partial charge is 0.444 e. The molecule has 1 fully saturated rings. The number of pyridine rings is 1. The van der Waals surface area contributed by atoms with E-state index >= 15 is 4.39 Å². The minimum absolute atomic E-state index is 0.00331. The van der Waals surface area contributed by atoms with E-state index in [9.17, 15) is 14.0 Å². The summed E-state index contributed by atoms with van der Waals surface area (Å²) in [4.78, 5) is 35.0. The summed E-state index contributed by atoms with van der Waals surface area (Å²) in [6, 6.07) is 3.92. The summed E-state index contributed by atoms with van der Waals surface area (Å²) in [5, 5.41) is 11.4. The van der Waals surface area contributed by atoms with Crippen LogP contribution in [0.3, 0.4) is 0 Å². The third kappa shape index (κ3) is 5.47. The molecule has 6 rings (SSSR count). The zero-order valence-corrected chi connectivity index (χ0v) is 26.2. The number of likely N-dealkylation sites (tertiary alicyclic amines) is 1. The van der Waals surface area contributed by atoms with Gasteiger partial charge in [0.25, 0.3) is 0 Å². The first-order chi connectivity index (χ1) is 20.6. The maximum Gasteiger partial charge on any atom is 0.413 e. The fraction of sp³-hybridized carbons (Fsp3) is 0.379. The van der Waals surface area contributed by atoms with E-state index in [2.05, 4.69) is 25.6 Å². The van der Waals surface area contributed by atoms with Gasteiger partial charge in [-0.25, -0.2) is 28.0 Å². The summed E-state index contributed by atoms with van der Waals surface area (Å²) in [5.74, 6) is -1.33. The molecule has 1 aliphatic heterocycles. The third-order valence-electron chi connectivity index (χ3n) is 6.72. The molecule has 0 unspecified atom stereocenters. The Morgan fingerprint density at radius 1 is 1.07 bits per heavy atom.